The maximum Gasteiger partial charge on any atom is 0.253 e. The predicted molar refractivity (Wildman–Crippen MR) is 70.2 cm³/mol. The third kappa shape index (κ3) is 2.10. The number of halogens is 1. The molecular formula is C14H17FN2O. The number of carbonyl (C=O) groups excluding carboxylic acids is 1. The van der Waals surface area contributed by atoms with Gasteiger partial charge in [-0.15, -0.1) is 0 Å². The van der Waals surface area contributed by atoms with Crippen LogP contribution in [0.15, 0.2) is 24.4 Å². The lowest BCUT2D eigenvalue weighted by atomic mass is 10.1. The van der Waals surface area contributed by atoms with Crippen LogP contribution < -0.4 is 5.32 Å². The Labute approximate surface area is 106 Å². The summed E-state index contributed by atoms with van der Waals surface area (Å²) in [6.07, 6.45) is 2.60. The Morgan fingerprint density at radius 1 is 1.39 bits per heavy atom. The highest BCUT2D eigenvalue weighted by atomic mass is 19.1. The molecule has 0 bridgehead atoms. The molecule has 2 aromatic rings. The Hall–Kier alpha value is -1.84. The molecular weight excluding hydrogens is 231 g/mol. The Morgan fingerprint density at radius 2 is 2.17 bits per heavy atom. The minimum atomic E-state index is -0.288. The van der Waals surface area contributed by atoms with Gasteiger partial charge < -0.3 is 9.88 Å². The Balaban J connectivity index is 2.52. The highest BCUT2D eigenvalue weighted by molar-refractivity contribution is 6.07. The fourth-order valence-corrected chi connectivity index (χ4v) is 2.08. The maximum atomic E-state index is 13.8. The van der Waals surface area contributed by atoms with E-state index in [9.17, 15) is 9.18 Å². The van der Waals surface area contributed by atoms with Crippen molar-refractivity contribution in [2.75, 3.05) is 6.54 Å². The van der Waals surface area contributed by atoms with Gasteiger partial charge in [0, 0.05) is 24.7 Å². The first-order chi connectivity index (χ1) is 8.69. The van der Waals surface area contributed by atoms with Crippen molar-refractivity contribution in [3.8, 4) is 0 Å². The van der Waals surface area contributed by atoms with Crippen molar-refractivity contribution >= 4 is 16.8 Å². The molecule has 0 radical (unpaired) electrons. The standard InChI is InChI=1S/C14H17FN2O/c1-3-8-16-14(18)11-9-17(4-2)13-10(11)6-5-7-12(13)15/h5-7,9H,3-4,8H2,1-2H3,(H,16,18). The smallest absolute Gasteiger partial charge is 0.253 e. The lowest BCUT2D eigenvalue weighted by Gasteiger charge is -2.01. The van der Waals surface area contributed by atoms with Crippen molar-refractivity contribution in [3.05, 3.63) is 35.8 Å². The summed E-state index contributed by atoms with van der Waals surface area (Å²) in [5.41, 5.74) is 1.04. The maximum absolute atomic E-state index is 13.8. The van der Waals surface area contributed by atoms with E-state index in [1.807, 2.05) is 13.8 Å². The van der Waals surface area contributed by atoms with Gasteiger partial charge in [-0.25, -0.2) is 4.39 Å². The zero-order valence-electron chi connectivity index (χ0n) is 10.7. The number of fused-ring (bicyclic) bond motifs is 1. The van der Waals surface area contributed by atoms with Crippen LogP contribution in [0, 0.1) is 5.82 Å². The number of benzene rings is 1. The van der Waals surface area contributed by atoms with Crippen LogP contribution in [-0.4, -0.2) is 17.0 Å². The zero-order chi connectivity index (χ0) is 13.1. The molecule has 0 aliphatic carbocycles. The zero-order valence-corrected chi connectivity index (χ0v) is 10.7. The van der Waals surface area contributed by atoms with Crippen LogP contribution in [0.1, 0.15) is 30.6 Å². The van der Waals surface area contributed by atoms with E-state index in [4.69, 9.17) is 0 Å². The predicted octanol–water partition coefficient (Wildman–Crippen LogP) is 2.94. The van der Waals surface area contributed by atoms with Gasteiger partial charge in [0.25, 0.3) is 5.91 Å². The first-order valence-corrected chi connectivity index (χ1v) is 6.24. The van der Waals surface area contributed by atoms with Crippen LogP contribution in [0.3, 0.4) is 0 Å². The molecule has 1 N–H and O–H groups in total. The number of rotatable bonds is 4. The fourth-order valence-electron chi connectivity index (χ4n) is 2.08. The molecule has 0 saturated heterocycles. The molecule has 18 heavy (non-hydrogen) atoms. The summed E-state index contributed by atoms with van der Waals surface area (Å²) in [4.78, 5) is 12.0. The summed E-state index contributed by atoms with van der Waals surface area (Å²) in [7, 11) is 0. The Kier molecular flexibility index (Phi) is 3.65. The molecule has 96 valence electrons. The average molecular weight is 248 g/mol. The molecule has 0 aliphatic rings. The van der Waals surface area contributed by atoms with E-state index in [1.54, 1.807) is 22.9 Å². The summed E-state index contributed by atoms with van der Waals surface area (Å²) in [6, 6.07) is 4.84. The van der Waals surface area contributed by atoms with Crippen molar-refractivity contribution in [1.29, 1.82) is 0 Å². The second-order valence-corrected chi connectivity index (χ2v) is 4.22. The second kappa shape index (κ2) is 5.21. The van der Waals surface area contributed by atoms with Crippen LogP contribution in [0.4, 0.5) is 4.39 Å². The molecule has 1 heterocycles. The highest BCUT2D eigenvalue weighted by Crippen LogP contribution is 2.24. The van der Waals surface area contributed by atoms with E-state index in [1.165, 1.54) is 6.07 Å². The molecule has 4 heteroatoms. The largest absolute Gasteiger partial charge is 0.352 e. The van der Waals surface area contributed by atoms with E-state index >= 15 is 0 Å². The molecule has 0 spiro atoms. The minimum absolute atomic E-state index is 0.139. The number of nitrogens with zero attached hydrogens (tertiary/aromatic N) is 1. The quantitative estimate of drug-likeness (QED) is 0.886. The molecule has 0 fully saturated rings. The summed E-state index contributed by atoms with van der Waals surface area (Å²) in [6.45, 7) is 5.19. The Morgan fingerprint density at radius 3 is 2.83 bits per heavy atom. The summed E-state index contributed by atoms with van der Waals surface area (Å²) in [5, 5.41) is 3.49. The summed E-state index contributed by atoms with van der Waals surface area (Å²) in [5.74, 6) is -0.427. The third-order valence-electron chi connectivity index (χ3n) is 2.97. The molecule has 0 atom stereocenters. The van der Waals surface area contributed by atoms with Crippen molar-refractivity contribution in [1.82, 2.24) is 9.88 Å². The number of amides is 1. The van der Waals surface area contributed by atoms with Crippen LogP contribution in [0.25, 0.3) is 10.9 Å². The van der Waals surface area contributed by atoms with E-state index in [0.717, 1.165) is 6.42 Å². The molecule has 0 unspecified atom stereocenters. The van der Waals surface area contributed by atoms with E-state index in [-0.39, 0.29) is 11.7 Å². The molecule has 1 amide bonds. The molecule has 0 saturated carbocycles. The van der Waals surface area contributed by atoms with Crippen molar-refractivity contribution < 1.29 is 9.18 Å². The van der Waals surface area contributed by atoms with Gasteiger partial charge in [0.15, 0.2) is 0 Å². The summed E-state index contributed by atoms with van der Waals surface area (Å²) >= 11 is 0. The van der Waals surface area contributed by atoms with Crippen molar-refractivity contribution in [2.24, 2.45) is 0 Å². The number of carbonyl (C=O) groups is 1. The molecule has 0 aliphatic heterocycles. The number of aromatic nitrogens is 1. The van der Waals surface area contributed by atoms with Gasteiger partial charge in [-0.3, -0.25) is 4.79 Å². The van der Waals surface area contributed by atoms with Gasteiger partial charge in [0.2, 0.25) is 0 Å². The highest BCUT2D eigenvalue weighted by Gasteiger charge is 2.16. The fraction of sp³-hybridized carbons (Fsp3) is 0.357. The molecule has 1 aromatic carbocycles. The van der Waals surface area contributed by atoms with Crippen LogP contribution >= 0.6 is 0 Å². The Bertz CT molecular complexity index is 574. The van der Waals surface area contributed by atoms with Crippen molar-refractivity contribution in [3.63, 3.8) is 0 Å². The number of hydrogen-bond acceptors (Lipinski definition) is 1. The van der Waals surface area contributed by atoms with Crippen LogP contribution in [0.2, 0.25) is 0 Å². The lowest BCUT2D eigenvalue weighted by Crippen LogP contribution is -2.23. The van der Waals surface area contributed by atoms with Gasteiger partial charge in [-0.05, 0) is 19.4 Å². The molecule has 2 rings (SSSR count). The first-order valence-electron chi connectivity index (χ1n) is 6.24. The lowest BCUT2D eigenvalue weighted by molar-refractivity contribution is 0.0955. The van der Waals surface area contributed by atoms with E-state index in [2.05, 4.69) is 5.32 Å². The number of nitrogens with one attached hydrogen (secondary N) is 1. The first kappa shape index (κ1) is 12.6. The van der Waals surface area contributed by atoms with Crippen molar-refractivity contribution in [2.45, 2.75) is 26.8 Å². The third-order valence-corrected chi connectivity index (χ3v) is 2.97. The van der Waals surface area contributed by atoms with Gasteiger partial charge in [0.1, 0.15) is 5.82 Å². The normalized spacial score (nSPS) is 10.8. The van der Waals surface area contributed by atoms with E-state index < -0.39 is 0 Å². The number of aryl methyl sites for hydroxylation is 1. The summed E-state index contributed by atoms with van der Waals surface area (Å²) < 4.78 is 15.6. The molecule has 1 aromatic heterocycles. The monoisotopic (exact) mass is 248 g/mol. The average Bonchev–Trinajstić information content (AvgIpc) is 2.76. The van der Waals surface area contributed by atoms with Crippen LogP contribution in [-0.2, 0) is 6.54 Å². The number of hydrogen-bond donors (Lipinski definition) is 1. The second-order valence-electron chi connectivity index (χ2n) is 4.22. The van der Waals surface area contributed by atoms with Gasteiger partial charge in [-0.2, -0.15) is 0 Å². The van der Waals surface area contributed by atoms with Gasteiger partial charge >= 0.3 is 0 Å². The van der Waals surface area contributed by atoms with E-state index in [0.29, 0.717) is 29.6 Å². The van der Waals surface area contributed by atoms with Gasteiger partial charge in [0.05, 0.1) is 11.1 Å². The topological polar surface area (TPSA) is 34.0 Å². The number of para-hydroxylation sites is 1. The van der Waals surface area contributed by atoms with Crippen LogP contribution in [0.5, 0.6) is 0 Å². The molecule has 3 nitrogen and oxygen atoms in total. The SMILES string of the molecule is CCCNC(=O)c1cn(CC)c2c(F)cccc12. The minimum Gasteiger partial charge on any atom is -0.352 e. The van der Waals surface area contributed by atoms with Gasteiger partial charge in [-0.1, -0.05) is 19.1 Å².